The first-order valence-electron chi connectivity index (χ1n) is 8.32. The molecule has 0 spiro atoms. The van der Waals surface area contributed by atoms with Gasteiger partial charge in [0.05, 0.1) is 12.0 Å². The molecule has 1 N–H and O–H groups in total. The quantitative estimate of drug-likeness (QED) is 0.816. The molecule has 0 aliphatic heterocycles. The molecule has 114 valence electrons. The maximum Gasteiger partial charge on any atom is 0.227 e. The number of hydrogen-bond donors (Lipinski definition) is 1. The van der Waals surface area contributed by atoms with E-state index in [4.69, 9.17) is 4.74 Å². The van der Waals surface area contributed by atoms with Crippen molar-refractivity contribution < 1.29 is 9.53 Å². The Hall–Kier alpha value is -1.35. The standard InChI is InChI=1S/C18H25NO2/c20-18(17-11-10-14-6-1-4-9-16(14)17)19-12-5-13-21-15-7-2-3-8-15/h1,4,6,9,15,17H,2-3,5,7-8,10-13H2,(H,19,20)/t17-/m0/s1. The van der Waals surface area contributed by atoms with E-state index >= 15 is 0 Å². The predicted octanol–water partition coefficient (Wildman–Crippen LogP) is 3.18. The Bertz CT molecular complexity index is 480. The fraction of sp³-hybridized carbons (Fsp3) is 0.611. The summed E-state index contributed by atoms with van der Waals surface area (Å²) in [5.41, 5.74) is 2.56. The molecule has 0 saturated heterocycles. The van der Waals surface area contributed by atoms with Crippen LogP contribution in [-0.2, 0) is 16.0 Å². The van der Waals surface area contributed by atoms with E-state index in [1.165, 1.54) is 36.8 Å². The van der Waals surface area contributed by atoms with E-state index < -0.39 is 0 Å². The number of fused-ring (bicyclic) bond motifs is 1. The number of rotatable bonds is 6. The van der Waals surface area contributed by atoms with Crippen molar-refractivity contribution in [3.63, 3.8) is 0 Å². The molecule has 2 aliphatic carbocycles. The molecule has 1 amide bonds. The molecule has 2 aliphatic rings. The summed E-state index contributed by atoms with van der Waals surface area (Å²) < 4.78 is 5.82. The van der Waals surface area contributed by atoms with Crippen LogP contribution in [0.1, 0.15) is 55.6 Å². The van der Waals surface area contributed by atoms with Gasteiger partial charge in [-0.15, -0.1) is 0 Å². The van der Waals surface area contributed by atoms with E-state index in [9.17, 15) is 4.79 Å². The fourth-order valence-corrected chi connectivity index (χ4v) is 3.54. The third kappa shape index (κ3) is 3.65. The van der Waals surface area contributed by atoms with Crippen LogP contribution in [0.25, 0.3) is 0 Å². The smallest absolute Gasteiger partial charge is 0.227 e. The summed E-state index contributed by atoms with van der Waals surface area (Å²) in [5.74, 6) is 0.234. The fourth-order valence-electron chi connectivity index (χ4n) is 3.54. The van der Waals surface area contributed by atoms with Crippen LogP contribution in [0, 0.1) is 0 Å². The van der Waals surface area contributed by atoms with Gasteiger partial charge in [-0.25, -0.2) is 0 Å². The van der Waals surface area contributed by atoms with Gasteiger partial charge in [0, 0.05) is 13.2 Å². The summed E-state index contributed by atoms with van der Waals surface area (Å²) in [6, 6.07) is 8.31. The minimum Gasteiger partial charge on any atom is -0.378 e. The van der Waals surface area contributed by atoms with E-state index in [0.29, 0.717) is 6.10 Å². The van der Waals surface area contributed by atoms with Crippen LogP contribution in [-0.4, -0.2) is 25.2 Å². The predicted molar refractivity (Wildman–Crippen MR) is 83.3 cm³/mol. The van der Waals surface area contributed by atoms with Crippen LogP contribution in [0.15, 0.2) is 24.3 Å². The molecular weight excluding hydrogens is 262 g/mol. The van der Waals surface area contributed by atoms with E-state index in [1.54, 1.807) is 0 Å². The van der Waals surface area contributed by atoms with Gasteiger partial charge in [0.2, 0.25) is 5.91 Å². The number of benzene rings is 1. The Morgan fingerprint density at radius 1 is 1.19 bits per heavy atom. The lowest BCUT2D eigenvalue weighted by Crippen LogP contribution is -2.30. The Kier molecular flexibility index (Phi) is 4.91. The van der Waals surface area contributed by atoms with Gasteiger partial charge >= 0.3 is 0 Å². The number of carbonyl (C=O) groups is 1. The summed E-state index contributed by atoms with van der Waals surface area (Å²) in [6.07, 6.45) is 8.41. The molecule has 1 atom stereocenters. The number of aryl methyl sites for hydroxylation is 1. The van der Waals surface area contributed by atoms with Crippen LogP contribution in [0.2, 0.25) is 0 Å². The van der Waals surface area contributed by atoms with Crippen molar-refractivity contribution in [2.24, 2.45) is 0 Å². The van der Waals surface area contributed by atoms with Crippen molar-refractivity contribution in [3.8, 4) is 0 Å². The van der Waals surface area contributed by atoms with Crippen molar-refractivity contribution in [3.05, 3.63) is 35.4 Å². The van der Waals surface area contributed by atoms with Gasteiger partial charge in [-0.05, 0) is 43.2 Å². The highest BCUT2D eigenvalue weighted by Gasteiger charge is 2.27. The third-order valence-corrected chi connectivity index (χ3v) is 4.73. The van der Waals surface area contributed by atoms with Gasteiger partial charge in [-0.3, -0.25) is 4.79 Å². The number of amides is 1. The molecule has 0 heterocycles. The topological polar surface area (TPSA) is 38.3 Å². The maximum atomic E-state index is 12.3. The Labute approximate surface area is 127 Å². The molecule has 0 unspecified atom stereocenters. The van der Waals surface area contributed by atoms with Gasteiger partial charge in [0.15, 0.2) is 0 Å². The molecule has 1 saturated carbocycles. The molecule has 1 aromatic carbocycles. The van der Waals surface area contributed by atoms with E-state index in [2.05, 4.69) is 23.5 Å². The maximum absolute atomic E-state index is 12.3. The lowest BCUT2D eigenvalue weighted by Gasteiger charge is -2.13. The molecule has 0 bridgehead atoms. The lowest BCUT2D eigenvalue weighted by molar-refractivity contribution is -0.122. The van der Waals surface area contributed by atoms with Crippen LogP contribution in [0.3, 0.4) is 0 Å². The lowest BCUT2D eigenvalue weighted by atomic mass is 10.0. The first kappa shape index (κ1) is 14.6. The van der Waals surface area contributed by atoms with Gasteiger partial charge in [-0.2, -0.15) is 0 Å². The Morgan fingerprint density at radius 2 is 2.00 bits per heavy atom. The van der Waals surface area contributed by atoms with E-state index in [1.807, 2.05) is 6.07 Å². The summed E-state index contributed by atoms with van der Waals surface area (Å²) >= 11 is 0. The molecule has 1 aromatic rings. The first-order valence-corrected chi connectivity index (χ1v) is 8.32. The molecule has 21 heavy (non-hydrogen) atoms. The number of nitrogens with one attached hydrogen (secondary N) is 1. The molecule has 1 fully saturated rings. The van der Waals surface area contributed by atoms with E-state index in [-0.39, 0.29) is 11.8 Å². The second-order valence-electron chi connectivity index (χ2n) is 6.21. The highest BCUT2D eigenvalue weighted by atomic mass is 16.5. The zero-order chi connectivity index (χ0) is 14.5. The zero-order valence-corrected chi connectivity index (χ0v) is 12.6. The Balaban J connectivity index is 1.37. The van der Waals surface area contributed by atoms with Crippen molar-refractivity contribution in [1.82, 2.24) is 5.32 Å². The highest BCUT2D eigenvalue weighted by molar-refractivity contribution is 5.84. The molecular formula is C18H25NO2. The van der Waals surface area contributed by atoms with Gasteiger partial charge in [0.1, 0.15) is 0 Å². The third-order valence-electron chi connectivity index (χ3n) is 4.73. The van der Waals surface area contributed by atoms with Crippen molar-refractivity contribution >= 4 is 5.91 Å². The molecule has 3 rings (SSSR count). The molecule has 0 radical (unpaired) electrons. The average Bonchev–Trinajstić information content (AvgIpc) is 3.16. The number of hydrogen-bond acceptors (Lipinski definition) is 2. The van der Waals surface area contributed by atoms with Crippen LogP contribution >= 0.6 is 0 Å². The van der Waals surface area contributed by atoms with Crippen molar-refractivity contribution in [2.45, 2.75) is 57.0 Å². The van der Waals surface area contributed by atoms with Crippen LogP contribution in [0.5, 0.6) is 0 Å². The van der Waals surface area contributed by atoms with E-state index in [0.717, 1.165) is 32.4 Å². The molecule has 3 heteroatoms. The van der Waals surface area contributed by atoms with Gasteiger partial charge in [0.25, 0.3) is 0 Å². The van der Waals surface area contributed by atoms with Crippen LogP contribution < -0.4 is 5.32 Å². The normalized spacial score (nSPS) is 21.4. The minimum absolute atomic E-state index is 0.0527. The number of carbonyl (C=O) groups excluding carboxylic acids is 1. The average molecular weight is 287 g/mol. The van der Waals surface area contributed by atoms with Crippen LogP contribution in [0.4, 0.5) is 0 Å². The summed E-state index contributed by atoms with van der Waals surface area (Å²) in [5, 5.41) is 3.07. The van der Waals surface area contributed by atoms with Gasteiger partial charge in [-0.1, -0.05) is 37.1 Å². The zero-order valence-electron chi connectivity index (χ0n) is 12.6. The van der Waals surface area contributed by atoms with Crippen molar-refractivity contribution in [1.29, 1.82) is 0 Å². The minimum atomic E-state index is 0.0527. The Morgan fingerprint density at radius 3 is 2.86 bits per heavy atom. The first-order chi connectivity index (χ1) is 10.3. The molecule has 0 aromatic heterocycles. The monoisotopic (exact) mass is 287 g/mol. The second kappa shape index (κ2) is 7.08. The summed E-state index contributed by atoms with van der Waals surface area (Å²) in [7, 11) is 0. The second-order valence-corrected chi connectivity index (χ2v) is 6.21. The summed E-state index contributed by atoms with van der Waals surface area (Å²) in [4.78, 5) is 12.3. The molecule has 3 nitrogen and oxygen atoms in total. The van der Waals surface area contributed by atoms with Crippen molar-refractivity contribution in [2.75, 3.05) is 13.2 Å². The summed E-state index contributed by atoms with van der Waals surface area (Å²) in [6.45, 7) is 1.50. The highest BCUT2D eigenvalue weighted by Crippen LogP contribution is 2.32. The number of ether oxygens (including phenoxy) is 1. The van der Waals surface area contributed by atoms with Gasteiger partial charge < -0.3 is 10.1 Å². The largest absolute Gasteiger partial charge is 0.378 e. The SMILES string of the molecule is O=C(NCCCOC1CCCC1)[C@H]1CCc2ccccc21.